The van der Waals surface area contributed by atoms with Crippen molar-refractivity contribution in [3.63, 3.8) is 0 Å². The Morgan fingerprint density at radius 1 is 1.15 bits per heavy atom. The summed E-state index contributed by atoms with van der Waals surface area (Å²) in [6.45, 7) is 5.84. The van der Waals surface area contributed by atoms with E-state index in [4.69, 9.17) is 14.3 Å². The highest BCUT2D eigenvalue weighted by Gasteiger charge is 2.28. The third-order valence-corrected chi connectivity index (χ3v) is 6.43. The van der Waals surface area contributed by atoms with Gasteiger partial charge in [-0.25, -0.2) is 4.39 Å². The van der Waals surface area contributed by atoms with Crippen molar-refractivity contribution in [2.75, 3.05) is 58.5 Å². The minimum atomic E-state index is -0.436. The summed E-state index contributed by atoms with van der Waals surface area (Å²) in [6, 6.07) is 11.9. The Balaban J connectivity index is 1.30. The zero-order valence-corrected chi connectivity index (χ0v) is 19.3. The van der Waals surface area contributed by atoms with Gasteiger partial charge in [-0.2, -0.15) is 5.10 Å². The summed E-state index contributed by atoms with van der Waals surface area (Å²) in [5.41, 5.74) is 4.05. The SMILES string of the molecule is CO/N=C(\C=C\c1n[nH]c2cc(OC)c(F)cc12)c1ccc(N2CCN(C3COC3)CC2)cc1. The Morgan fingerprint density at radius 3 is 2.56 bits per heavy atom. The number of oxime groups is 1. The molecule has 178 valence electrons. The smallest absolute Gasteiger partial charge is 0.165 e. The van der Waals surface area contributed by atoms with E-state index < -0.39 is 5.82 Å². The second-order valence-corrected chi connectivity index (χ2v) is 8.39. The van der Waals surface area contributed by atoms with Gasteiger partial charge in [0.2, 0.25) is 0 Å². The van der Waals surface area contributed by atoms with Crippen molar-refractivity contribution in [1.29, 1.82) is 0 Å². The first-order valence-corrected chi connectivity index (χ1v) is 11.3. The summed E-state index contributed by atoms with van der Waals surface area (Å²) >= 11 is 0. The largest absolute Gasteiger partial charge is 0.494 e. The average Bonchev–Trinajstić information content (AvgIpc) is 3.22. The van der Waals surface area contributed by atoms with Crippen LogP contribution in [0.15, 0.2) is 47.6 Å². The van der Waals surface area contributed by atoms with Crippen LogP contribution in [-0.2, 0) is 9.57 Å². The maximum atomic E-state index is 14.2. The van der Waals surface area contributed by atoms with E-state index in [2.05, 4.69) is 37.3 Å². The van der Waals surface area contributed by atoms with Crippen LogP contribution in [0.4, 0.5) is 10.1 Å². The van der Waals surface area contributed by atoms with Gasteiger partial charge in [0.15, 0.2) is 11.6 Å². The van der Waals surface area contributed by atoms with E-state index in [1.807, 2.05) is 18.2 Å². The van der Waals surface area contributed by atoms with Crippen LogP contribution < -0.4 is 9.64 Å². The molecule has 3 heterocycles. The van der Waals surface area contributed by atoms with Crippen molar-refractivity contribution >= 4 is 28.4 Å². The van der Waals surface area contributed by atoms with Crippen LogP contribution in [0.5, 0.6) is 5.75 Å². The Morgan fingerprint density at radius 2 is 1.91 bits per heavy atom. The highest BCUT2D eigenvalue weighted by atomic mass is 19.1. The highest BCUT2D eigenvalue weighted by molar-refractivity contribution is 6.11. The van der Waals surface area contributed by atoms with Crippen LogP contribution >= 0.6 is 0 Å². The Bertz CT molecular complexity index is 1200. The molecule has 1 N–H and O–H groups in total. The number of ether oxygens (including phenoxy) is 2. The number of anilines is 1. The molecule has 0 bridgehead atoms. The van der Waals surface area contributed by atoms with Crippen LogP contribution in [0.3, 0.4) is 0 Å². The van der Waals surface area contributed by atoms with Gasteiger partial charge in [0.05, 0.1) is 37.6 Å². The standard InChI is InChI=1S/C25H28FN5O3/c1-32-25-14-24-20(13-21(25)26)23(27-28-24)8-7-22(29-33-2)17-3-5-18(6-4-17)30-9-11-31(12-10-30)19-15-34-16-19/h3-8,13-14,19H,9-12,15-16H2,1-2H3,(H,27,28)/b8-7+,29-22+. The van der Waals surface area contributed by atoms with E-state index in [9.17, 15) is 4.39 Å². The van der Waals surface area contributed by atoms with Gasteiger partial charge < -0.3 is 19.2 Å². The zero-order chi connectivity index (χ0) is 23.5. The van der Waals surface area contributed by atoms with E-state index in [0.29, 0.717) is 28.4 Å². The van der Waals surface area contributed by atoms with Gasteiger partial charge in [-0.15, -0.1) is 0 Å². The number of aromatic nitrogens is 2. The molecule has 9 heteroatoms. The minimum absolute atomic E-state index is 0.173. The van der Waals surface area contributed by atoms with Crippen LogP contribution in [0, 0.1) is 5.82 Å². The van der Waals surface area contributed by atoms with E-state index in [-0.39, 0.29) is 5.75 Å². The van der Waals surface area contributed by atoms with Crippen molar-refractivity contribution in [3.05, 3.63) is 59.5 Å². The maximum absolute atomic E-state index is 14.2. The van der Waals surface area contributed by atoms with Gasteiger partial charge in [0, 0.05) is 48.9 Å². The first kappa shape index (κ1) is 22.4. The van der Waals surface area contributed by atoms with E-state index >= 15 is 0 Å². The molecule has 34 heavy (non-hydrogen) atoms. The maximum Gasteiger partial charge on any atom is 0.165 e. The lowest BCUT2D eigenvalue weighted by molar-refractivity contribution is -0.0660. The molecule has 0 radical (unpaired) electrons. The molecular formula is C25H28FN5O3. The molecule has 0 amide bonds. The summed E-state index contributed by atoms with van der Waals surface area (Å²) < 4.78 is 24.6. The molecule has 2 fully saturated rings. The monoisotopic (exact) mass is 465 g/mol. The van der Waals surface area contributed by atoms with Gasteiger partial charge in [0.1, 0.15) is 12.8 Å². The van der Waals surface area contributed by atoms with Crippen molar-refractivity contribution in [3.8, 4) is 5.75 Å². The number of fused-ring (bicyclic) bond motifs is 1. The predicted molar refractivity (Wildman–Crippen MR) is 130 cm³/mol. The number of methoxy groups -OCH3 is 1. The highest BCUT2D eigenvalue weighted by Crippen LogP contribution is 2.26. The Labute approximate surface area is 197 Å². The van der Waals surface area contributed by atoms with Crippen molar-refractivity contribution in [2.24, 2.45) is 5.16 Å². The topological polar surface area (TPSA) is 75.2 Å². The number of hydrogen-bond donors (Lipinski definition) is 1. The summed E-state index contributed by atoms with van der Waals surface area (Å²) in [6.07, 6.45) is 3.61. The fraction of sp³-hybridized carbons (Fsp3) is 0.360. The molecule has 2 aromatic carbocycles. The summed E-state index contributed by atoms with van der Waals surface area (Å²) in [7, 11) is 2.95. The second-order valence-electron chi connectivity index (χ2n) is 8.39. The molecule has 2 saturated heterocycles. The van der Waals surface area contributed by atoms with E-state index in [1.165, 1.54) is 26.0 Å². The van der Waals surface area contributed by atoms with Gasteiger partial charge >= 0.3 is 0 Å². The zero-order valence-electron chi connectivity index (χ0n) is 19.3. The van der Waals surface area contributed by atoms with E-state index in [0.717, 1.165) is 45.0 Å². The van der Waals surface area contributed by atoms with Gasteiger partial charge in [-0.05, 0) is 30.4 Å². The molecule has 0 spiro atoms. The third kappa shape index (κ3) is 4.49. The number of hydrogen-bond acceptors (Lipinski definition) is 7. The average molecular weight is 466 g/mol. The fourth-order valence-corrected chi connectivity index (χ4v) is 4.38. The molecule has 2 aliphatic heterocycles. The minimum Gasteiger partial charge on any atom is -0.494 e. The molecule has 0 aliphatic carbocycles. The molecule has 3 aromatic rings. The lowest BCUT2D eigenvalue weighted by Crippen LogP contribution is -2.56. The predicted octanol–water partition coefficient (Wildman–Crippen LogP) is 3.30. The Hall–Kier alpha value is -3.43. The number of halogens is 1. The number of piperazine rings is 1. The summed E-state index contributed by atoms with van der Waals surface area (Å²) in [5, 5.41) is 12.0. The van der Waals surface area contributed by atoms with Crippen LogP contribution in [-0.4, -0.2) is 80.5 Å². The molecule has 0 unspecified atom stereocenters. The first-order valence-electron chi connectivity index (χ1n) is 11.3. The number of rotatable bonds is 7. The van der Waals surface area contributed by atoms with Crippen LogP contribution in [0.2, 0.25) is 0 Å². The lowest BCUT2D eigenvalue weighted by Gasteiger charge is -2.43. The fourth-order valence-electron chi connectivity index (χ4n) is 4.38. The molecule has 8 nitrogen and oxygen atoms in total. The molecule has 2 aliphatic rings. The van der Waals surface area contributed by atoms with Crippen molar-refractivity contribution < 1.29 is 18.7 Å². The van der Waals surface area contributed by atoms with E-state index in [1.54, 1.807) is 12.1 Å². The first-order chi connectivity index (χ1) is 16.7. The van der Waals surface area contributed by atoms with Gasteiger partial charge in [0.25, 0.3) is 0 Å². The molecular weight excluding hydrogens is 437 g/mol. The summed E-state index contributed by atoms with van der Waals surface area (Å²) in [4.78, 5) is 9.99. The third-order valence-electron chi connectivity index (χ3n) is 6.43. The van der Waals surface area contributed by atoms with Gasteiger partial charge in [-0.3, -0.25) is 10.00 Å². The lowest BCUT2D eigenvalue weighted by atomic mass is 10.1. The quantitative estimate of drug-likeness (QED) is 0.426. The number of nitrogens with one attached hydrogen (secondary N) is 1. The molecule has 0 saturated carbocycles. The number of allylic oxidation sites excluding steroid dienone is 1. The number of nitrogens with zero attached hydrogens (tertiary/aromatic N) is 4. The van der Waals surface area contributed by atoms with Crippen molar-refractivity contribution in [2.45, 2.75) is 6.04 Å². The molecule has 1 aromatic heterocycles. The van der Waals surface area contributed by atoms with Gasteiger partial charge in [-0.1, -0.05) is 17.3 Å². The molecule has 5 rings (SSSR count). The van der Waals surface area contributed by atoms with Crippen molar-refractivity contribution in [1.82, 2.24) is 15.1 Å². The molecule has 0 atom stereocenters. The second kappa shape index (κ2) is 9.82. The van der Waals surface area contributed by atoms with Crippen LogP contribution in [0.1, 0.15) is 11.3 Å². The van der Waals surface area contributed by atoms with Crippen LogP contribution in [0.25, 0.3) is 17.0 Å². The normalized spacial score (nSPS) is 18.0. The summed E-state index contributed by atoms with van der Waals surface area (Å²) in [5.74, 6) is -0.263. The number of benzene rings is 2. The Kier molecular flexibility index (Phi) is 6.46. The number of aromatic amines is 1. The number of H-pyrrole nitrogens is 1.